The smallest absolute Gasteiger partial charge is 0.291 e. The summed E-state index contributed by atoms with van der Waals surface area (Å²) in [6.07, 6.45) is -5.37. The van der Waals surface area contributed by atoms with E-state index >= 15 is 0 Å². The van der Waals surface area contributed by atoms with Crippen LogP contribution in [0.2, 0.25) is 10.0 Å². The molecule has 0 radical (unpaired) electrons. The molecule has 0 atom stereocenters. The van der Waals surface area contributed by atoms with E-state index in [1.807, 2.05) is 10.6 Å². The first kappa shape index (κ1) is 21.8. The molecular formula is C15H9Cl2F5N4O2. The summed E-state index contributed by atoms with van der Waals surface area (Å²) in [5.41, 5.74) is -2.56. The number of aromatic nitrogens is 2. The van der Waals surface area contributed by atoms with Gasteiger partial charge in [0.05, 0.1) is 27.5 Å². The lowest BCUT2D eigenvalue weighted by Crippen LogP contribution is -2.36. The molecular weight excluding hydrogens is 434 g/mol. The Morgan fingerprint density at radius 1 is 1.07 bits per heavy atom. The van der Waals surface area contributed by atoms with Crippen LogP contribution < -0.4 is 10.6 Å². The zero-order chi connectivity index (χ0) is 21.3. The van der Waals surface area contributed by atoms with Gasteiger partial charge in [-0.1, -0.05) is 29.3 Å². The molecule has 1 aromatic heterocycles. The number of rotatable bonds is 3. The van der Waals surface area contributed by atoms with Crippen molar-refractivity contribution in [3.63, 3.8) is 0 Å². The Hall–Kier alpha value is -2.53. The Morgan fingerprint density at radius 3 is 2.14 bits per heavy atom. The third-order valence-corrected chi connectivity index (χ3v) is 3.89. The van der Waals surface area contributed by atoms with Gasteiger partial charge >= 0.3 is 18.1 Å². The Labute approximate surface area is 164 Å². The molecule has 2 N–H and O–H groups in total. The van der Waals surface area contributed by atoms with E-state index in [2.05, 4.69) is 9.97 Å². The summed E-state index contributed by atoms with van der Waals surface area (Å²) < 4.78 is 64.0. The van der Waals surface area contributed by atoms with Gasteiger partial charge in [-0.3, -0.25) is 15.4 Å². The quantitative estimate of drug-likeness (QED) is 0.674. The molecule has 2 rings (SSSR count). The van der Waals surface area contributed by atoms with Gasteiger partial charge in [-0.2, -0.15) is 22.0 Å². The van der Waals surface area contributed by atoms with Crippen LogP contribution in [0.15, 0.2) is 24.4 Å². The maximum Gasteiger partial charge on any atom is 0.459 e. The van der Waals surface area contributed by atoms with Gasteiger partial charge in [0.1, 0.15) is 5.69 Å². The molecule has 0 saturated heterocycles. The fourth-order valence-electron chi connectivity index (χ4n) is 2.01. The SMILES string of the molecule is Cc1nc(NC(=O)NC(=O)c2c(Cl)cccc2Cl)cnc1C(F)(F)C(F)(F)F. The van der Waals surface area contributed by atoms with Gasteiger partial charge in [0, 0.05) is 0 Å². The first-order valence-electron chi connectivity index (χ1n) is 7.19. The summed E-state index contributed by atoms with van der Waals surface area (Å²) in [4.78, 5) is 30.4. The standard InChI is InChI=1S/C15H9Cl2F5N4O2/c1-6-11(14(18,19)15(20,21)22)23-5-9(24-6)25-13(28)26-12(27)10-7(16)3-2-4-8(10)17/h2-5H,1H3,(H2,24,25,26,27,28). The van der Waals surface area contributed by atoms with E-state index in [1.54, 1.807) is 0 Å². The second-order valence-electron chi connectivity index (χ2n) is 5.27. The number of hydrogen-bond acceptors (Lipinski definition) is 4. The average Bonchev–Trinajstić information content (AvgIpc) is 2.53. The van der Waals surface area contributed by atoms with E-state index in [0.717, 1.165) is 6.92 Å². The normalized spacial score (nSPS) is 11.9. The third kappa shape index (κ3) is 4.47. The minimum atomic E-state index is -5.86. The molecule has 6 nitrogen and oxygen atoms in total. The Bertz CT molecular complexity index is 917. The third-order valence-electron chi connectivity index (χ3n) is 3.26. The Balaban J connectivity index is 2.15. The van der Waals surface area contributed by atoms with Crippen molar-refractivity contribution in [2.75, 3.05) is 5.32 Å². The maximum atomic E-state index is 13.4. The highest BCUT2D eigenvalue weighted by atomic mass is 35.5. The Kier molecular flexibility index (Phi) is 6.09. The van der Waals surface area contributed by atoms with E-state index in [0.29, 0.717) is 6.20 Å². The number of carbonyl (C=O) groups excluding carboxylic acids is 2. The maximum absolute atomic E-state index is 13.4. The number of urea groups is 1. The van der Waals surface area contributed by atoms with Crippen LogP contribution in [0.4, 0.5) is 32.6 Å². The first-order valence-corrected chi connectivity index (χ1v) is 7.95. The van der Waals surface area contributed by atoms with Gasteiger partial charge in [0.2, 0.25) is 0 Å². The van der Waals surface area contributed by atoms with Crippen molar-refractivity contribution in [1.82, 2.24) is 15.3 Å². The minimum absolute atomic E-state index is 0.0350. The largest absolute Gasteiger partial charge is 0.459 e. The van der Waals surface area contributed by atoms with Crippen LogP contribution in [0.1, 0.15) is 21.7 Å². The van der Waals surface area contributed by atoms with Crippen LogP contribution in [0.5, 0.6) is 0 Å². The van der Waals surface area contributed by atoms with Crippen molar-refractivity contribution in [1.29, 1.82) is 0 Å². The highest BCUT2D eigenvalue weighted by Gasteiger charge is 2.60. The predicted octanol–water partition coefficient (Wildman–Crippen LogP) is 4.71. The summed E-state index contributed by atoms with van der Waals surface area (Å²) in [7, 11) is 0. The molecule has 1 heterocycles. The second kappa shape index (κ2) is 7.84. The molecule has 2 aromatic rings. The number of nitrogens with one attached hydrogen (secondary N) is 2. The highest BCUT2D eigenvalue weighted by Crippen LogP contribution is 2.43. The summed E-state index contributed by atoms with van der Waals surface area (Å²) in [5, 5.41) is 3.77. The molecule has 28 heavy (non-hydrogen) atoms. The molecule has 3 amide bonds. The van der Waals surface area contributed by atoms with Crippen LogP contribution in [-0.4, -0.2) is 28.1 Å². The lowest BCUT2D eigenvalue weighted by atomic mass is 10.2. The lowest BCUT2D eigenvalue weighted by molar-refractivity contribution is -0.291. The molecule has 0 fully saturated rings. The van der Waals surface area contributed by atoms with Gasteiger partial charge in [0.25, 0.3) is 5.91 Å². The Morgan fingerprint density at radius 2 is 1.64 bits per heavy atom. The number of alkyl halides is 5. The van der Waals surface area contributed by atoms with Crippen molar-refractivity contribution in [3.05, 3.63) is 51.4 Å². The van der Waals surface area contributed by atoms with Gasteiger partial charge in [-0.15, -0.1) is 0 Å². The van der Waals surface area contributed by atoms with E-state index in [9.17, 15) is 31.5 Å². The monoisotopic (exact) mass is 442 g/mol. The van der Waals surface area contributed by atoms with Gasteiger partial charge in [-0.25, -0.2) is 14.8 Å². The summed E-state index contributed by atoms with van der Waals surface area (Å²) in [6.45, 7) is 0.861. The van der Waals surface area contributed by atoms with Crippen LogP contribution >= 0.6 is 23.2 Å². The average molecular weight is 443 g/mol. The molecule has 1 aromatic carbocycles. The fraction of sp³-hybridized carbons (Fsp3) is 0.200. The number of carbonyl (C=O) groups is 2. The van der Waals surface area contributed by atoms with Crippen LogP contribution in [0.3, 0.4) is 0 Å². The van der Waals surface area contributed by atoms with Gasteiger partial charge < -0.3 is 0 Å². The number of amides is 3. The molecule has 0 unspecified atom stereocenters. The van der Waals surface area contributed by atoms with Gasteiger partial charge in [-0.05, 0) is 19.1 Å². The van der Waals surface area contributed by atoms with Crippen molar-refractivity contribution in [2.24, 2.45) is 0 Å². The summed E-state index contributed by atoms with van der Waals surface area (Å²) >= 11 is 11.6. The number of benzene rings is 1. The number of halogens is 7. The van der Waals surface area contributed by atoms with Gasteiger partial charge in [0.15, 0.2) is 5.82 Å². The van der Waals surface area contributed by atoms with Crippen molar-refractivity contribution in [2.45, 2.75) is 19.0 Å². The zero-order valence-electron chi connectivity index (χ0n) is 13.7. The molecule has 0 bridgehead atoms. The number of hydrogen-bond donors (Lipinski definition) is 2. The van der Waals surface area contributed by atoms with Crippen molar-refractivity contribution >= 4 is 41.0 Å². The summed E-state index contributed by atoms with van der Waals surface area (Å²) in [6, 6.07) is 3.02. The number of anilines is 1. The van der Waals surface area contributed by atoms with E-state index < -0.39 is 41.2 Å². The van der Waals surface area contributed by atoms with Crippen LogP contribution in [-0.2, 0) is 5.92 Å². The highest BCUT2D eigenvalue weighted by molar-refractivity contribution is 6.40. The number of imide groups is 1. The van der Waals surface area contributed by atoms with E-state index in [-0.39, 0.29) is 15.6 Å². The second-order valence-corrected chi connectivity index (χ2v) is 6.08. The minimum Gasteiger partial charge on any atom is -0.291 e. The molecule has 0 aliphatic heterocycles. The van der Waals surface area contributed by atoms with Crippen LogP contribution in [0, 0.1) is 6.92 Å². The number of aryl methyl sites for hydroxylation is 1. The van der Waals surface area contributed by atoms with E-state index in [1.165, 1.54) is 18.2 Å². The summed E-state index contributed by atoms with van der Waals surface area (Å²) in [5.74, 6) is -6.66. The number of nitrogens with zero attached hydrogens (tertiary/aromatic N) is 2. The van der Waals surface area contributed by atoms with Crippen molar-refractivity contribution < 1.29 is 31.5 Å². The van der Waals surface area contributed by atoms with E-state index in [4.69, 9.17) is 23.2 Å². The molecule has 0 aliphatic carbocycles. The van der Waals surface area contributed by atoms with Crippen LogP contribution in [0.25, 0.3) is 0 Å². The fourth-order valence-corrected chi connectivity index (χ4v) is 2.58. The topological polar surface area (TPSA) is 84.0 Å². The predicted molar refractivity (Wildman–Crippen MR) is 89.7 cm³/mol. The zero-order valence-corrected chi connectivity index (χ0v) is 15.2. The molecule has 0 aliphatic rings. The molecule has 13 heteroatoms. The molecule has 0 spiro atoms. The molecule has 0 saturated carbocycles. The first-order chi connectivity index (χ1) is 12.8. The van der Waals surface area contributed by atoms with Crippen molar-refractivity contribution in [3.8, 4) is 0 Å². The molecule has 150 valence electrons. The lowest BCUT2D eigenvalue weighted by Gasteiger charge is -2.20.